The number of hydrogen-bond acceptors (Lipinski definition) is 5. The Hall–Kier alpha value is -2.45. The van der Waals surface area contributed by atoms with E-state index in [-0.39, 0.29) is 30.8 Å². The van der Waals surface area contributed by atoms with Crippen LogP contribution in [0.3, 0.4) is 0 Å². The minimum atomic E-state index is -0.678. The zero-order valence-electron chi connectivity index (χ0n) is 17.3. The van der Waals surface area contributed by atoms with E-state index in [9.17, 15) is 14.4 Å². The number of carbonyl (C=O) groups is 3. The van der Waals surface area contributed by atoms with E-state index >= 15 is 0 Å². The molecule has 2 aliphatic heterocycles. The molecule has 2 heterocycles. The summed E-state index contributed by atoms with van der Waals surface area (Å²) in [6, 6.07) is 7.56. The molecule has 1 aromatic carbocycles. The standard InChI is InChI=1S/C22H30N4O4/c27-19(4-3-11-26-20(28)22(24-21(26)29)9-1-2-10-22)23-18-7-5-17(6-8-18)16-25-12-14-30-15-13-25/h5-8H,1-4,9-16H2,(H,23,27)(H,24,29). The summed E-state index contributed by atoms with van der Waals surface area (Å²) in [5.41, 5.74) is 1.28. The minimum absolute atomic E-state index is 0.112. The lowest BCUT2D eigenvalue weighted by molar-refractivity contribution is -0.131. The van der Waals surface area contributed by atoms with Crippen LogP contribution in [0.5, 0.6) is 0 Å². The highest BCUT2D eigenvalue weighted by molar-refractivity contribution is 6.07. The lowest BCUT2D eigenvalue weighted by atomic mass is 9.98. The average Bonchev–Trinajstić information content (AvgIpc) is 3.30. The predicted octanol–water partition coefficient (Wildman–Crippen LogP) is 2.10. The van der Waals surface area contributed by atoms with E-state index in [4.69, 9.17) is 4.74 Å². The third kappa shape index (κ3) is 4.65. The van der Waals surface area contributed by atoms with E-state index in [1.165, 1.54) is 10.5 Å². The number of nitrogens with zero attached hydrogens (tertiary/aromatic N) is 2. The Balaban J connectivity index is 1.20. The Kier molecular flexibility index (Phi) is 6.34. The summed E-state index contributed by atoms with van der Waals surface area (Å²) in [5.74, 6) is -0.236. The first-order chi connectivity index (χ1) is 14.6. The molecule has 3 fully saturated rings. The molecular formula is C22H30N4O4. The quantitative estimate of drug-likeness (QED) is 0.667. The van der Waals surface area contributed by atoms with Gasteiger partial charge in [-0.05, 0) is 37.0 Å². The molecule has 1 spiro atoms. The van der Waals surface area contributed by atoms with Crippen molar-refractivity contribution in [2.45, 2.75) is 50.6 Å². The van der Waals surface area contributed by atoms with Gasteiger partial charge in [-0.1, -0.05) is 25.0 Å². The first kappa shape index (κ1) is 20.8. The topological polar surface area (TPSA) is 91.0 Å². The van der Waals surface area contributed by atoms with E-state index in [0.717, 1.165) is 64.2 Å². The van der Waals surface area contributed by atoms with Crippen LogP contribution < -0.4 is 10.6 Å². The van der Waals surface area contributed by atoms with E-state index < -0.39 is 5.54 Å². The van der Waals surface area contributed by atoms with Crippen LogP contribution in [0.1, 0.15) is 44.1 Å². The number of ether oxygens (including phenoxy) is 1. The molecule has 1 aliphatic carbocycles. The molecule has 0 aromatic heterocycles. The third-order valence-electron chi connectivity index (χ3n) is 6.24. The molecule has 1 saturated carbocycles. The lowest BCUT2D eigenvalue weighted by Crippen LogP contribution is -2.44. The Morgan fingerprint density at radius 1 is 1.10 bits per heavy atom. The van der Waals surface area contributed by atoms with Crippen LogP contribution in [-0.2, 0) is 20.9 Å². The number of rotatable bonds is 7. The number of imide groups is 1. The van der Waals surface area contributed by atoms with Gasteiger partial charge in [-0.25, -0.2) is 4.79 Å². The summed E-state index contributed by atoms with van der Waals surface area (Å²) in [6.45, 7) is 4.59. The lowest BCUT2D eigenvalue weighted by Gasteiger charge is -2.26. The third-order valence-corrected chi connectivity index (χ3v) is 6.24. The number of carbonyl (C=O) groups excluding carboxylic acids is 3. The molecule has 2 N–H and O–H groups in total. The fourth-order valence-corrected chi connectivity index (χ4v) is 4.53. The second kappa shape index (κ2) is 9.14. The van der Waals surface area contributed by atoms with Crippen LogP contribution in [0.2, 0.25) is 0 Å². The summed E-state index contributed by atoms with van der Waals surface area (Å²) in [7, 11) is 0. The molecule has 0 radical (unpaired) electrons. The van der Waals surface area contributed by atoms with Gasteiger partial charge in [-0.15, -0.1) is 0 Å². The number of morpholine rings is 1. The molecule has 8 nitrogen and oxygen atoms in total. The maximum atomic E-state index is 12.6. The maximum absolute atomic E-state index is 12.6. The molecule has 1 aromatic rings. The number of benzene rings is 1. The van der Waals surface area contributed by atoms with E-state index in [0.29, 0.717) is 6.42 Å². The smallest absolute Gasteiger partial charge is 0.325 e. The van der Waals surface area contributed by atoms with E-state index in [1.807, 2.05) is 24.3 Å². The molecule has 162 valence electrons. The van der Waals surface area contributed by atoms with Gasteiger partial charge >= 0.3 is 6.03 Å². The van der Waals surface area contributed by atoms with Crippen molar-refractivity contribution in [2.75, 3.05) is 38.2 Å². The monoisotopic (exact) mass is 414 g/mol. The zero-order valence-corrected chi connectivity index (χ0v) is 17.3. The number of urea groups is 1. The largest absolute Gasteiger partial charge is 0.379 e. The summed E-state index contributed by atoms with van der Waals surface area (Å²) in [5, 5.41) is 5.76. The van der Waals surface area contributed by atoms with Crippen molar-refractivity contribution in [3.63, 3.8) is 0 Å². The van der Waals surface area contributed by atoms with Crippen molar-refractivity contribution in [3.8, 4) is 0 Å². The fraction of sp³-hybridized carbons (Fsp3) is 0.591. The highest BCUT2D eigenvalue weighted by atomic mass is 16.5. The molecule has 30 heavy (non-hydrogen) atoms. The second-order valence-corrected chi connectivity index (χ2v) is 8.41. The molecule has 4 amide bonds. The van der Waals surface area contributed by atoms with Gasteiger partial charge < -0.3 is 15.4 Å². The van der Waals surface area contributed by atoms with Gasteiger partial charge in [0.1, 0.15) is 5.54 Å². The summed E-state index contributed by atoms with van der Waals surface area (Å²) in [6.07, 6.45) is 4.09. The number of amides is 4. The molecule has 0 bridgehead atoms. The normalized spacial score (nSPS) is 21.3. The van der Waals surface area contributed by atoms with Crippen LogP contribution in [0.25, 0.3) is 0 Å². The molecule has 8 heteroatoms. The number of hydrogen-bond donors (Lipinski definition) is 2. The van der Waals surface area contributed by atoms with Gasteiger partial charge in [0, 0.05) is 38.3 Å². The van der Waals surface area contributed by atoms with E-state index in [2.05, 4.69) is 15.5 Å². The van der Waals surface area contributed by atoms with Crippen LogP contribution in [0.15, 0.2) is 24.3 Å². The van der Waals surface area contributed by atoms with Crippen LogP contribution in [-0.4, -0.2) is 66.0 Å². The summed E-state index contributed by atoms with van der Waals surface area (Å²) in [4.78, 5) is 40.7. The van der Waals surface area contributed by atoms with Crippen molar-refractivity contribution in [2.24, 2.45) is 0 Å². The first-order valence-corrected chi connectivity index (χ1v) is 10.9. The van der Waals surface area contributed by atoms with Gasteiger partial charge in [0.2, 0.25) is 5.91 Å². The maximum Gasteiger partial charge on any atom is 0.325 e. The summed E-state index contributed by atoms with van der Waals surface area (Å²) >= 11 is 0. The van der Waals surface area contributed by atoms with Crippen molar-refractivity contribution in [3.05, 3.63) is 29.8 Å². The molecule has 2 saturated heterocycles. The zero-order chi connectivity index (χ0) is 21.0. The minimum Gasteiger partial charge on any atom is -0.379 e. The number of anilines is 1. The van der Waals surface area contributed by atoms with Crippen LogP contribution >= 0.6 is 0 Å². The Bertz CT molecular complexity index is 783. The van der Waals surface area contributed by atoms with E-state index in [1.54, 1.807) is 0 Å². The van der Waals surface area contributed by atoms with Crippen molar-refractivity contribution < 1.29 is 19.1 Å². The van der Waals surface area contributed by atoms with Crippen LogP contribution in [0, 0.1) is 0 Å². The second-order valence-electron chi connectivity index (χ2n) is 8.41. The molecule has 4 rings (SSSR count). The van der Waals surface area contributed by atoms with Crippen molar-refractivity contribution in [1.29, 1.82) is 0 Å². The first-order valence-electron chi connectivity index (χ1n) is 10.9. The Morgan fingerprint density at radius 2 is 1.80 bits per heavy atom. The Labute approximate surface area is 176 Å². The fourth-order valence-electron chi connectivity index (χ4n) is 4.53. The van der Waals surface area contributed by atoms with Crippen molar-refractivity contribution >= 4 is 23.5 Å². The average molecular weight is 415 g/mol. The summed E-state index contributed by atoms with van der Waals surface area (Å²) < 4.78 is 5.37. The molecule has 0 atom stereocenters. The molecule has 3 aliphatic rings. The highest BCUT2D eigenvalue weighted by Gasteiger charge is 2.52. The number of nitrogens with one attached hydrogen (secondary N) is 2. The van der Waals surface area contributed by atoms with Gasteiger partial charge in [0.25, 0.3) is 5.91 Å². The SMILES string of the molecule is O=C(CCCN1C(=O)NC2(CCCC2)C1=O)Nc1ccc(CN2CCOCC2)cc1. The van der Waals surface area contributed by atoms with Gasteiger partial charge in [-0.3, -0.25) is 19.4 Å². The van der Waals surface area contributed by atoms with Gasteiger partial charge in [-0.2, -0.15) is 0 Å². The van der Waals surface area contributed by atoms with Crippen LogP contribution in [0.4, 0.5) is 10.5 Å². The molecule has 0 unspecified atom stereocenters. The Morgan fingerprint density at radius 3 is 2.50 bits per heavy atom. The molecular weight excluding hydrogens is 384 g/mol. The van der Waals surface area contributed by atoms with Gasteiger partial charge in [0.05, 0.1) is 13.2 Å². The van der Waals surface area contributed by atoms with Crippen molar-refractivity contribution in [1.82, 2.24) is 15.1 Å². The highest BCUT2D eigenvalue weighted by Crippen LogP contribution is 2.35. The predicted molar refractivity (Wildman–Crippen MR) is 112 cm³/mol. The van der Waals surface area contributed by atoms with Gasteiger partial charge in [0.15, 0.2) is 0 Å².